The van der Waals surface area contributed by atoms with Gasteiger partial charge in [0.2, 0.25) is 0 Å². The monoisotopic (exact) mass is 311 g/mol. The van der Waals surface area contributed by atoms with Crippen molar-refractivity contribution in [3.05, 3.63) is 33.9 Å². The number of carbonyl (C=O) groups excluding carboxylic acids is 2. The molecule has 0 saturated heterocycles. The Kier molecular flexibility index (Phi) is 6.30. The first-order valence-electron chi connectivity index (χ1n) is 6.64. The summed E-state index contributed by atoms with van der Waals surface area (Å²) in [5.74, 6) is -1.34. The highest BCUT2D eigenvalue weighted by Gasteiger charge is 2.24. The molecule has 0 bridgehead atoms. The average molecular weight is 311 g/mol. The second kappa shape index (κ2) is 7.96. The number of nitrogens with zero attached hydrogens (tertiary/aromatic N) is 1. The molecule has 1 unspecified atom stereocenters. The lowest BCUT2D eigenvalue weighted by molar-refractivity contribution is -0.384. The number of nitro groups is 1. The summed E-state index contributed by atoms with van der Waals surface area (Å²) < 4.78 is 14.9. The second-order valence-corrected chi connectivity index (χ2v) is 4.20. The predicted octanol–water partition coefficient (Wildman–Crippen LogP) is 2.10. The Hall–Kier alpha value is -2.64. The molecular weight excluding hydrogens is 294 g/mol. The molecule has 0 amide bonds. The largest absolute Gasteiger partial charge is 0.478 e. The summed E-state index contributed by atoms with van der Waals surface area (Å²) in [6.07, 6.45) is -0.596. The van der Waals surface area contributed by atoms with Crippen molar-refractivity contribution in [3.63, 3.8) is 0 Å². The first kappa shape index (κ1) is 17.4. The summed E-state index contributed by atoms with van der Waals surface area (Å²) in [5, 5.41) is 10.8. The smallest absolute Gasteiger partial charge is 0.347 e. The number of hydrogen-bond acceptors (Lipinski definition) is 7. The zero-order chi connectivity index (χ0) is 16.7. The average Bonchev–Trinajstić information content (AvgIpc) is 2.51. The van der Waals surface area contributed by atoms with Gasteiger partial charge in [0.05, 0.1) is 18.6 Å². The number of carbonyl (C=O) groups is 2. The SMILES string of the molecule is CCOC(=O)C(CC)Oc1ccc([N+](=O)[O-])cc1C(=O)OC. The third kappa shape index (κ3) is 4.18. The zero-order valence-electron chi connectivity index (χ0n) is 12.5. The lowest BCUT2D eigenvalue weighted by atomic mass is 10.1. The van der Waals surface area contributed by atoms with Crippen molar-refractivity contribution in [3.8, 4) is 5.75 Å². The summed E-state index contributed by atoms with van der Waals surface area (Å²) in [6, 6.07) is 3.48. The van der Waals surface area contributed by atoms with Gasteiger partial charge in [-0.2, -0.15) is 0 Å². The topological polar surface area (TPSA) is 105 Å². The van der Waals surface area contributed by atoms with E-state index in [-0.39, 0.29) is 23.6 Å². The Balaban J connectivity index is 3.14. The number of rotatable bonds is 7. The molecule has 0 N–H and O–H groups in total. The van der Waals surface area contributed by atoms with E-state index >= 15 is 0 Å². The lowest BCUT2D eigenvalue weighted by Crippen LogP contribution is -2.29. The fraction of sp³-hybridized carbons (Fsp3) is 0.429. The molecule has 1 aromatic carbocycles. The van der Waals surface area contributed by atoms with Gasteiger partial charge in [-0.3, -0.25) is 10.1 Å². The van der Waals surface area contributed by atoms with Crippen LogP contribution >= 0.6 is 0 Å². The molecule has 1 aromatic rings. The Morgan fingerprint density at radius 3 is 2.50 bits per heavy atom. The first-order chi connectivity index (χ1) is 10.4. The normalized spacial score (nSPS) is 11.4. The molecule has 120 valence electrons. The van der Waals surface area contributed by atoms with Gasteiger partial charge < -0.3 is 14.2 Å². The van der Waals surface area contributed by atoms with Crippen LogP contribution in [-0.4, -0.2) is 36.7 Å². The highest BCUT2D eigenvalue weighted by Crippen LogP contribution is 2.26. The molecule has 0 spiro atoms. The van der Waals surface area contributed by atoms with Gasteiger partial charge in [-0.05, 0) is 19.4 Å². The molecule has 22 heavy (non-hydrogen) atoms. The first-order valence-corrected chi connectivity index (χ1v) is 6.64. The van der Waals surface area contributed by atoms with E-state index in [1.165, 1.54) is 12.1 Å². The highest BCUT2D eigenvalue weighted by atomic mass is 16.6. The van der Waals surface area contributed by atoms with Gasteiger partial charge in [-0.15, -0.1) is 0 Å². The number of nitro benzene ring substituents is 1. The fourth-order valence-corrected chi connectivity index (χ4v) is 1.69. The van der Waals surface area contributed by atoms with E-state index in [0.29, 0.717) is 6.42 Å². The van der Waals surface area contributed by atoms with Gasteiger partial charge in [0, 0.05) is 12.1 Å². The van der Waals surface area contributed by atoms with Gasteiger partial charge in [0.25, 0.3) is 5.69 Å². The number of hydrogen-bond donors (Lipinski definition) is 0. The van der Waals surface area contributed by atoms with Gasteiger partial charge in [-0.25, -0.2) is 9.59 Å². The molecule has 0 heterocycles. The molecule has 0 saturated carbocycles. The summed E-state index contributed by atoms with van der Waals surface area (Å²) in [5.41, 5.74) is -0.406. The molecule has 0 aliphatic rings. The standard InChI is InChI=1S/C14H17NO7/c1-4-11(14(17)21-5-2)22-12-7-6-9(15(18)19)8-10(12)13(16)20-3/h6-8,11H,4-5H2,1-3H3. The van der Waals surface area contributed by atoms with Crippen LogP contribution in [0.15, 0.2) is 18.2 Å². The molecule has 1 rings (SSSR count). The van der Waals surface area contributed by atoms with E-state index in [4.69, 9.17) is 9.47 Å². The Bertz CT molecular complexity index is 570. The van der Waals surface area contributed by atoms with E-state index in [1.807, 2.05) is 0 Å². The molecular formula is C14H17NO7. The maximum Gasteiger partial charge on any atom is 0.347 e. The minimum absolute atomic E-state index is 0.0253. The number of benzene rings is 1. The quantitative estimate of drug-likeness (QED) is 0.431. The number of non-ortho nitro benzene ring substituents is 1. The van der Waals surface area contributed by atoms with E-state index < -0.39 is 23.0 Å². The van der Waals surface area contributed by atoms with Crippen LogP contribution in [0, 0.1) is 10.1 Å². The summed E-state index contributed by atoms with van der Waals surface area (Å²) in [7, 11) is 1.15. The van der Waals surface area contributed by atoms with Gasteiger partial charge in [-0.1, -0.05) is 6.92 Å². The molecule has 0 fully saturated rings. The van der Waals surface area contributed by atoms with Crippen LogP contribution in [-0.2, 0) is 14.3 Å². The molecule has 8 nitrogen and oxygen atoms in total. The van der Waals surface area contributed by atoms with Gasteiger partial charge in [0.1, 0.15) is 11.3 Å². The molecule has 0 radical (unpaired) electrons. The summed E-state index contributed by atoms with van der Waals surface area (Å²) >= 11 is 0. The Morgan fingerprint density at radius 1 is 1.32 bits per heavy atom. The van der Waals surface area contributed by atoms with Crippen molar-refractivity contribution in [2.75, 3.05) is 13.7 Å². The van der Waals surface area contributed by atoms with Crippen molar-refractivity contribution < 1.29 is 28.7 Å². The number of esters is 2. The Labute approximate surface area is 127 Å². The lowest BCUT2D eigenvalue weighted by Gasteiger charge is -2.17. The van der Waals surface area contributed by atoms with E-state index in [1.54, 1.807) is 13.8 Å². The predicted molar refractivity (Wildman–Crippen MR) is 75.8 cm³/mol. The van der Waals surface area contributed by atoms with Crippen LogP contribution in [0.25, 0.3) is 0 Å². The van der Waals surface area contributed by atoms with E-state index in [9.17, 15) is 19.7 Å². The number of ether oxygens (including phenoxy) is 3. The maximum absolute atomic E-state index is 11.7. The van der Waals surface area contributed by atoms with Gasteiger partial charge in [0.15, 0.2) is 6.10 Å². The van der Waals surface area contributed by atoms with Crippen molar-refractivity contribution in [1.82, 2.24) is 0 Å². The van der Waals surface area contributed by atoms with Crippen LogP contribution < -0.4 is 4.74 Å². The molecule has 0 aromatic heterocycles. The Morgan fingerprint density at radius 2 is 2.00 bits per heavy atom. The third-order valence-corrected chi connectivity index (χ3v) is 2.77. The van der Waals surface area contributed by atoms with Crippen LogP contribution in [0.3, 0.4) is 0 Å². The minimum Gasteiger partial charge on any atom is -0.478 e. The molecule has 1 atom stereocenters. The minimum atomic E-state index is -0.912. The van der Waals surface area contributed by atoms with Crippen LogP contribution in [0.2, 0.25) is 0 Å². The van der Waals surface area contributed by atoms with Crippen LogP contribution in [0.1, 0.15) is 30.6 Å². The van der Waals surface area contributed by atoms with Gasteiger partial charge >= 0.3 is 11.9 Å². The van der Waals surface area contributed by atoms with E-state index in [0.717, 1.165) is 13.2 Å². The van der Waals surface area contributed by atoms with Crippen molar-refractivity contribution >= 4 is 17.6 Å². The van der Waals surface area contributed by atoms with Crippen molar-refractivity contribution in [1.29, 1.82) is 0 Å². The summed E-state index contributed by atoms with van der Waals surface area (Å²) in [6.45, 7) is 3.57. The van der Waals surface area contributed by atoms with E-state index in [2.05, 4.69) is 4.74 Å². The molecule has 0 aliphatic carbocycles. The van der Waals surface area contributed by atoms with Crippen molar-refractivity contribution in [2.45, 2.75) is 26.4 Å². The highest BCUT2D eigenvalue weighted by molar-refractivity contribution is 5.93. The fourth-order valence-electron chi connectivity index (χ4n) is 1.69. The second-order valence-electron chi connectivity index (χ2n) is 4.20. The summed E-state index contributed by atoms with van der Waals surface area (Å²) in [4.78, 5) is 33.6. The van der Waals surface area contributed by atoms with Crippen molar-refractivity contribution in [2.24, 2.45) is 0 Å². The van der Waals surface area contributed by atoms with Crippen LogP contribution in [0.5, 0.6) is 5.75 Å². The molecule has 0 aliphatic heterocycles. The zero-order valence-corrected chi connectivity index (χ0v) is 12.5. The maximum atomic E-state index is 11.7. The number of methoxy groups -OCH3 is 1. The third-order valence-electron chi connectivity index (χ3n) is 2.77. The molecule has 8 heteroatoms. The van der Waals surface area contributed by atoms with Crippen LogP contribution in [0.4, 0.5) is 5.69 Å².